The van der Waals surface area contributed by atoms with E-state index < -0.39 is 0 Å². The van der Waals surface area contributed by atoms with Crippen molar-refractivity contribution in [1.82, 2.24) is 19.7 Å². The van der Waals surface area contributed by atoms with Crippen LogP contribution >= 0.6 is 11.8 Å². The SMILES string of the molecule is CCNc1nc(CSC2CCCC2)nc2c1cnn2C. The Hall–Kier alpha value is -1.30. The quantitative estimate of drug-likeness (QED) is 0.918. The van der Waals surface area contributed by atoms with E-state index in [0.29, 0.717) is 0 Å². The first kappa shape index (κ1) is 13.7. The molecule has 0 radical (unpaired) electrons. The van der Waals surface area contributed by atoms with Gasteiger partial charge in [-0.05, 0) is 19.8 Å². The highest BCUT2D eigenvalue weighted by molar-refractivity contribution is 7.99. The molecular formula is C14H21N5S. The Balaban J connectivity index is 1.83. The largest absolute Gasteiger partial charge is 0.370 e. The van der Waals surface area contributed by atoms with E-state index in [4.69, 9.17) is 0 Å². The minimum Gasteiger partial charge on any atom is -0.370 e. The fourth-order valence-corrected chi connectivity index (χ4v) is 3.86. The zero-order valence-electron chi connectivity index (χ0n) is 12.1. The minimum atomic E-state index is 0.795. The van der Waals surface area contributed by atoms with Crippen LogP contribution in [0.5, 0.6) is 0 Å². The van der Waals surface area contributed by atoms with Crippen molar-refractivity contribution in [2.24, 2.45) is 7.05 Å². The lowest BCUT2D eigenvalue weighted by Crippen LogP contribution is -2.06. The summed E-state index contributed by atoms with van der Waals surface area (Å²) in [5.74, 6) is 2.71. The predicted molar refractivity (Wildman–Crippen MR) is 84.0 cm³/mol. The van der Waals surface area contributed by atoms with Gasteiger partial charge in [0.15, 0.2) is 5.65 Å². The molecule has 3 rings (SSSR count). The van der Waals surface area contributed by atoms with Gasteiger partial charge >= 0.3 is 0 Å². The molecule has 0 unspecified atom stereocenters. The highest BCUT2D eigenvalue weighted by atomic mass is 32.2. The zero-order valence-corrected chi connectivity index (χ0v) is 12.9. The van der Waals surface area contributed by atoms with Crippen molar-refractivity contribution in [2.45, 2.75) is 43.6 Å². The summed E-state index contributed by atoms with van der Waals surface area (Å²) in [5.41, 5.74) is 0.915. The number of aryl methyl sites for hydroxylation is 1. The maximum Gasteiger partial charge on any atom is 0.163 e. The lowest BCUT2D eigenvalue weighted by Gasteiger charge is -2.10. The fourth-order valence-electron chi connectivity index (χ4n) is 2.68. The van der Waals surface area contributed by atoms with Gasteiger partial charge in [0.05, 0.1) is 17.3 Å². The van der Waals surface area contributed by atoms with Gasteiger partial charge in [-0.3, -0.25) is 4.68 Å². The highest BCUT2D eigenvalue weighted by Gasteiger charge is 2.17. The van der Waals surface area contributed by atoms with Crippen LogP contribution in [0.1, 0.15) is 38.4 Å². The van der Waals surface area contributed by atoms with E-state index in [9.17, 15) is 0 Å². The Morgan fingerprint density at radius 2 is 2.15 bits per heavy atom. The van der Waals surface area contributed by atoms with Gasteiger partial charge in [0.2, 0.25) is 0 Å². The lowest BCUT2D eigenvalue weighted by molar-refractivity contribution is 0.782. The maximum absolute atomic E-state index is 4.67. The van der Waals surface area contributed by atoms with Gasteiger partial charge in [0.1, 0.15) is 11.6 Å². The molecule has 0 amide bonds. The van der Waals surface area contributed by atoms with Crippen LogP contribution in [0, 0.1) is 0 Å². The first-order valence-corrected chi connectivity index (χ1v) is 8.37. The molecule has 5 nitrogen and oxygen atoms in total. The van der Waals surface area contributed by atoms with Gasteiger partial charge in [-0.1, -0.05) is 12.8 Å². The Morgan fingerprint density at radius 3 is 2.90 bits per heavy atom. The van der Waals surface area contributed by atoms with Gasteiger partial charge < -0.3 is 5.32 Å². The Labute approximate surface area is 123 Å². The van der Waals surface area contributed by atoms with Crippen molar-refractivity contribution in [3.8, 4) is 0 Å². The molecule has 1 N–H and O–H groups in total. The molecule has 1 aliphatic rings. The first-order chi connectivity index (χ1) is 9.78. The third-order valence-electron chi connectivity index (χ3n) is 3.73. The van der Waals surface area contributed by atoms with Crippen LogP contribution in [0.15, 0.2) is 6.20 Å². The van der Waals surface area contributed by atoms with Crippen LogP contribution in [-0.4, -0.2) is 31.5 Å². The summed E-state index contributed by atoms with van der Waals surface area (Å²) in [7, 11) is 1.93. The van der Waals surface area contributed by atoms with Crippen LogP contribution in [0.4, 0.5) is 5.82 Å². The summed E-state index contributed by atoms with van der Waals surface area (Å²) in [4.78, 5) is 9.34. The number of thioether (sulfide) groups is 1. The monoisotopic (exact) mass is 291 g/mol. The fraction of sp³-hybridized carbons (Fsp3) is 0.643. The zero-order chi connectivity index (χ0) is 13.9. The first-order valence-electron chi connectivity index (χ1n) is 7.32. The molecule has 2 aromatic rings. The molecule has 1 aliphatic carbocycles. The van der Waals surface area contributed by atoms with Crippen LogP contribution in [-0.2, 0) is 12.8 Å². The number of nitrogens with zero attached hydrogens (tertiary/aromatic N) is 4. The molecule has 0 bridgehead atoms. The van der Waals surface area contributed by atoms with Crippen molar-refractivity contribution in [2.75, 3.05) is 11.9 Å². The molecule has 108 valence electrons. The number of rotatable bonds is 5. The topological polar surface area (TPSA) is 55.6 Å². The van der Waals surface area contributed by atoms with Gasteiger partial charge in [-0.2, -0.15) is 16.9 Å². The van der Waals surface area contributed by atoms with Crippen molar-refractivity contribution < 1.29 is 0 Å². The van der Waals surface area contributed by atoms with Crippen LogP contribution in [0.2, 0.25) is 0 Å². The molecular weight excluding hydrogens is 270 g/mol. The van der Waals surface area contributed by atoms with E-state index in [-0.39, 0.29) is 0 Å². The molecule has 0 aliphatic heterocycles. The molecule has 0 aromatic carbocycles. The summed E-state index contributed by atoms with van der Waals surface area (Å²) in [6.07, 6.45) is 7.28. The average molecular weight is 291 g/mol. The number of aromatic nitrogens is 4. The number of hydrogen-bond donors (Lipinski definition) is 1. The van der Waals surface area contributed by atoms with E-state index in [1.165, 1.54) is 25.7 Å². The second-order valence-corrected chi connectivity index (χ2v) is 6.53. The second kappa shape index (κ2) is 5.99. The van der Waals surface area contributed by atoms with Gasteiger partial charge in [0.25, 0.3) is 0 Å². The Morgan fingerprint density at radius 1 is 1.35 bits per heavy atom. The molecule has 20 heavy (non-hydrogen) atoms. The molecule has 0 atom stereocenters. The van der Waals surface area contributed by atoms with Gasteiger partial charge in [0, 0.05) is 18.8 Å². The molecule has 1 saturated carbocycles. The van der Waals surface area contributed by atoms with E-state index >= 15 is 0 Å². The minimum absolute atomic E-state index is 0.795. The third kappa shape index (κ3) is 2.75. The van der Waals surface area contributed by atoms with Crippen molar-refractivity contribution in [1.29, 1.82) is 0 Å². The lowest BCUT2D eigenvalue weighted by atomic mass is 10.4. The van der Waals surface area contributed by atoms with E-state index in [2.05, 4.69) is 27.3 Å². The number of hydrogen-bond acceptors (Lipinski definition) is 5. The number of anilines is 1. The van der Waals surface area contributed by atoms with Crippen molar-refractivity contribution in [3.63, 3.8) is 0 Å². The molecule has 1 fully saturated rings. The van der Waals surface area contributed by atoms with E-state index in [1.807, 2.05) is 29.7 Å². The average Bonchev–Trinajstić information content (AvgIpc) is 3.08. The van der Waals surface area contributed by atoms with Gasteiger partial charge in [-0.15, -0.1) is 0 Å². The summed E-state index contributed by atoms with van der Waals surface area (Å²) in [6.45, 7) is 2.94. The molecule has 2 heterocycles. The summed E-state index contributed by atoms with van der Waals surface area (Å²) in [6, 6.07) is 0. The molecule has 2 aromatic heterocycles. The summed E-state index contributed by atoms with van der Waals surface area (Å²) < 4.78 is 1.82. The molecule has 0 spiro atoms. The van der Waals surface area contributed by atoms with Crippen LogP contribution in [0.25, 0.3) is 11.0 Å². The Bertz CT molecular complexity index is 589. The van der Waals surface area contributed by atoms with E-state index in [1.54, 1.807) is 0 Å². The third-order valence-corrected chi connectivity index (χ3v) is 5.10. The standard InChI is InChI=1S/C14H21N5S/c1-3-15-13-11-8-16-19(2)14(11)18-12(17-13)9-20-10-6-4-5-7-10/h8,10H,3-7,9H2,1-2H3,(H,15,17,18). The highest BCUT2D eigenvalue weighted by Crippen LogP contribution is 2.31. The van der Waals surface area contributed by atoms with Crippen LogP contribution in [0.3, 0.4) is 0 Å². The summed E-state index contributed by atoms with van der Waals surface area (Å²) >= 11 is 2.00. The predicted octanol–water partition coefficient (Wildman–Crippen LogP) is 2.97. The van der Waals surface area contributed by atoms with Crippen molar-refractivity contribution >= 4 is 28.6 Å². The van der Waals surface area contributed by atoms with Crippen molar-refractivity contribution in [3.05, 3.63) is 12.0 Å². The molecule has 6 heteroatoms. The van der Waals surface area contributed by atoms with E-state index in [0.717, 1.165) is 40.2 Å². The maximum atomic E-state index is 4.67. The Kier molecular flexibility index (Phi) is 4.10. The van der Waals surface area contributed by atoms with Crippen LogP contribution < -0.4 is 5.32 Å². The number of nitrogens with one attached hydrogen (secondary N) is 1. The number of fused-ring (bicyclic) bond motifs is 1. The second-order valence-electron chi connectivity index (χ2n) is 5.24. The van der Waals surface area contributed by atoms with Gasteiger partial charge in [-0.25, -0.2) is 9.97 Å². The smallest absolute Gasteiger partial charge is 0.163 e. The normalized spacial score (nSPS) is 16.1. The summed E-state index contributed by atoms with van der Waals surface area (Å²) in [5, 5.41) is 9.40. The molecule has 0 saturated heterocycles.